The first-order chi connectivity index (χ1) is 6.40. The molecule has 62 valence electrons. The second-order valence-electron chi connectivity index (χ2n) is 2.89. The van der Waals surface area contributed by atoms with Gasteiger partial charge in [-0.2, -0.15) is 5.26 Å². The molecule has 0 spiro atoms. The summed E-state index contributed by atoms with van der Waals surface area (Å²) in [7, 11) is 0. The largest absolute Gasteiger partial charge is 0.257 e. The molecule has 0 unspecified atom stereocenters. The van der Waals surface area contributed by atoms with Crippen molar-refractivity contribution in [1.29, 1.82) is 5.26 Å². The summed E-state index contributed by atoms with van der Waals surface area (Å²) in [5.74, 6) is 0. The zero-order valence-electron chi connectivity index (χ0n) is 7.07. The van der Waals surface area contributed by atoms with Gasteiger partial charge in [-0.3, -0.25) is 4.99 Å². The van der Waals surface area contributed by atoms with Crippen LogP contribution in [0.2, 0.25) is 0 Å². The maximum Gasteiger partial charge on any atom is 0.0950 e. The molecule has 0 atom stereocenters. The van der Waals surface area contributed by atoms with Gasteiger partial charge in [0.15, 0.2) is 0 Å². The Hall–Kier alpha value is -1.88. The number of fused-ring (bicyclic) bond motifs is 1. The molecule has 0 saturated heterocycles. The van der Waals surface area contributed by atoms with Crippen LogP contribution in [0.25, 0.3) is 0 Å². The molecule has 0 amide bonds. The van der Waals surface area contributed by atoms with Gasteiger partial charge in [0.05, 0.1) is 11.8 Å². The van der Waals surface area contributed by atoms with Crippen LogP contribution in [0, 0.1) is 11.3 Å². The summed E-state index contributed by atoms with van der Waals surface area (Å²) in [6, 6.07) is 2.16. The first-order valence-electron chi connectivity index (χ1n) is 4.11. The van der Waals surface area contributed by atoms with E-state index in [9.17, 15) is 0 Å². The Balaban J connectivity index is 2.42. The van der Waals surface area contributed by atoms with Crippen molar-refractivity contribution in [3.05, 3.63) is 47.2 Å². The first kappa shape index (κ1) is 7.75. The molecule has 2 aliphatic rings. The van der Waals surface area contributed by atoms with E-state index >= 15 is 0 Å². The zero-order valence-corrected chi connectivity index (χ0v) is 7.07. The third-order valence-corrected chi connectivity index (χ3v) is 2.00. The summed E-state index contributed by atoms with van der Waals surface area (Å²) in [5.41, 5.74) is 2.87. The third kappa shape index (κ3) is 1.50. The Morgan fingerprint density at radius 2 is 2.15 bits per heavy atom. The van der Waals surface area contributed by atoms with Crippen molar-refractivity contribution in [3.8, 4) is 6.07 Å². The second-order valence-corrected chi connectivity index (χ2v) is 2.89. The Bertz CT molecular complexity index is 412. The lowest BCUT2D eigenvalue weighted by molar-refractivity contribution is 1.11. The van der Waals surface area contributed by atoms with Crippen molar-refractivity contribution in [2.75, 3.05) is 0 Å². The van der Waals surface area contributed by atoms with E-state index in [1.807, 2.05) is 30.4 Å². The molecule has 2 nitrogen and oxygen atoms in total. The minimum absolute atomic E-state index is 0.698. The molecule has 13 heavy (non-hydrogen) atoms. The molecule has 0 aromatic heterocycles. The van der Waals surface area contributed by atoms with Gasteiger partial charge in [0.1, 0.15) is 0 Å². The minimum Gasteiger partial charge on any atom is -0.257 e. The van der Waals surface area contributed by atoms with Crippen LogP contribution in [-0.4, -0.2) is 6.21 Å². The van der Waals surface area contributed by atoms with Crippen LogP contribution < -0.4 is 0 Å². The second kappa shape index (κ2) is 3.24. The maximum absolute atomic E-state index is 8.72. The van der Waals surface area contributed by atoms with E-state index in [0.29, 0.717) is 6.42 Å². The molecule has 0 bridgehead atoms. The normalized spacial score (nSPS) is 19.2. The lowest BCUT2D eigenvalue weighted by atomic mass is 9.98. The molecule has 0 radical (unpaired) electrons. The fourth-order valence-electron chi connectivity index (χ4n) is 1.33. The number of allylic oxidation sites excluding steroid dienone is 7. The van der Waals surface area contributed by atoms with E-state index in [2.05, 4.69) is 11.1 Å². The number of hydrogen-bond acceptors (Lipinski definition) is 2. The van der Waals surface area contributed by atoms with Crippen LogP contribution in [0.3, 0.4) is 0 Å². The van der Waals surface area contributed by atoms with Crippen molar-refractivity contribution >= 4 is 6.21 Å². The van der Waals surface area contributed by atoms with Crippen molar-refractivity contribution in [2.24, 2.45) is 4.99 Å². The van der Waals surface area contributed by atoms with Crippen LogP contribution in [-0.2, 0) is 0 Å². The Morgan fingerprint density at radius 1 is 1.23 bits per heavy atom. The molecule has 2 heteroatoms. The predicted octanol–water partition coefficient (Wildman–Crippen LogP) is 2.29. The number of nitrogens with zero attached hydrogens (tertiary/aromatic N) is 2. The van der Waals surface area contributed by atoms with Gasteiger partial charge in [-0.15, -0.1) is 0 Å². The van der Waals surface area contributed by atoms with Gasteiger partial charge in [-0.05, 0) is 23.8 Å². The smallest absolute Gasteiger partial charge is 0.0950 e. The average molecular weight is 168 g/mol. The van der Waals surface area contributed by atoms with E-state index in [4.69, 9.17) is 5.26 Å². The van der Waals surface area contributed by atoms with Crippen LogP contribution in [0.4, 0.5) is 0 Å². The number of nitriles is 1. The summed E-state index contributed by atoms with van der Waals surface area (Å²) < 4.78 is 0. The molecule has 0 saturated carbocycles. The third-order valence-electron chi connectivity index (χ3n) is 2.00. The van der Waals surface area contributed by atoms with Crippen LogP contribution in [0.1, 0.15) is 6.42 Å². The molecule has 2 rings (SSSR count). The highest BCUT2D eigenvalue weighted by Crippen LogP contribution is 2.25. The summed E-state index contributed by atoms with van der Waals surface area (Å²) in [5, 5.41) is 8.72. The van der Waals surface area contributed by atoms with Crippen molar-refractivity contribution in [2.45, 2.75) is 6.42 Å². The molecule has 1 aliphatic heterocycles. The molecular weight excluding hydrogens is 160 g/mol. The Labute approximate surface area is 76.9 Å². The van der Waals surface area contributed by atoms with Crippen LogP contribution in [0.5, 0.6) is 0 Å². The highest BCUT2D eigenvalue weighted by molar-refractivity contribution is 5.75. The van der Waals surface area contributed by atoms with Crippen LogP contribution in [0.15, 0.2) is 52.2 Å². The van der Waals surface area contributed by atoms with E-state index in [0.717, 1.165) is 16.8 Å². The number of rotatable bonds is 0. The minimum atomic E-state index is 0.698. The van der Waals surface area contributed by atoms with E-state index < -0.39 is 0 Å². The average Bonchev–Trinajstić information content (AvgIpc) is 2.41. The van der Waals surface area contributed by atoms with Gasteiger partial charge in [0.25, 0.3) is 0 Å². The fraction of sp³-hybridized carbons (Fsp3) is 0.0909. The molecule has 0 aromatic carbocycles. The zero-order chi connectivity index (χ0) is 9.10. The topological polar surface area (TPSA) is 36.1 Å². The van der Waals surface area contributed by atoms with E-state index in [-0.39, 0.29) is 0 Å². The lowest BCUT2D eigenvalue weighted by Crippen LogP contribution is -1.94. The van der Waals surface area contributed by atoms with Crippen molar-refractivity contribution in [1.82, 2.24) is 0 Å². The number of hydrogen-bond donors (Lipinski definition) is 0. The van der Waals surface area contributed by atoms with E-state index in [1.54, 1.807) is 6.21 Å². The monoisotopic (exact) mass is 168 g/mol. The molecule has 0 N–H and O–H groups in total. The molecule has 1 aliphatic carbocycles. The molecular formula is C11H8N2. The Kier molecular flexibility index (Phi) is 1.93. The van der Waals surface area contributed by atoms with Gasteiger partial charge in [-0.25, -0.2) is 0 Å². The quantitative estimate of drug-likeness (QED) is 0.546. The summed E-state index contributed by atoms with van der Waals surface area (Å²) in [6.45, 7) is 0. The predicted molar refractivity (Wildman–Crippen MR) is 52.1 cm³/mol. The standard InChI is InChI=1S/C11H8N2/c12-8-9-4-5-11-10(7-9)3-1-2-6-13-11/h1-6H,7H2. The molecule has 0 fully saturated rings. The highest BCUT2D eigenvalue weighted by atomic mass is 14.7. The molecule has 0 aromatic rings. The summed E-state index contributed by atoms with van der Waals surface area (Å²) in [4.78, 5) is 4.24. The fourth-order valence-corrected chi connectivity index (χ4v) is 1.33. The van der Waals surface area contributed by atoms with Crippen molar-refractivity contribution < 1.29 is 0 Å². The molecule has 1 heterocycles. The van der Waals surface area contributed by atoms with Crippen molar-refractivity contribution in [3.63, 3.8) is 0 Å². The number of aliphatic imine (C=N–C) groups is 1. The van der Waals surface area contributed by atoms with Crippen LogP contribution >= 0.6 is 0 Å². The lowest BCUT2D eigenvalue weighted by Gasteiger charge is -2.09. The van der Waals surface area contributed by atoms with Gasteiger partial charge < -0.3 is 0 Å². The van der Waals surface area contributed by atoms with Gasteiger partial charge in [-0.1, -0.05) is 12.2 Å². The van der Waals surface area contributed by atoms with Gasteiger partial charge >= 0.3 is 0 Å². The summed E-state index contributed by atoms with van der Waals surface area (Å²) in [6.07, 6.45) is 12.0. The SMILES string of the molecule is N#CC1=CC=C2N=CC=CC=C2C1. The van der Waals surface area contributed by atoms with E-state index in [1.165, 1.54) is 0 Å². The first-order valence-corrected chi connectivity index (χ1v) is 4.11. The van der Waals surface area contributed by atoms with Gasteiger partial charge in [0.2, 0.25) is 0 Å². The van der Waals surface area contributed by atoms with Gasteiger partial charge in [0, 0.05) is 18.2 Å². The maximum atomic E-state index is 8.72. The Morgan fingerprint density at radius 3 is 3.00 bits per heavy atom. The summed E-state index contributed by atoms with van der Waals surface area (Å²) >= 11 is 0. The highest BCUT2D eigenvalue weighted by Gasteiger charge is 2.10.